The highest BCUT2D eigenvalue weighted by molar-refractivity contribution is 6.04. The predicted octanol–water partition coefficient (Wildman–Crippen LogP) is -0.589. The number of fused-ring (bicyclic) bond motifs is 9. The maximum Gasteiger partial charge on any atom is 0.362 e. The van der Waals surface area contributed by atoms with Gasteiger partial charge in [0, 0.05) is 59.2 Å². The van der Waals surface area contributed by atoms with Crippen LogP contribution in [0.3, 0.4) is 0 Å². The Morgan fingerprint density at radius 1 is 0.430 bits per heavy atom. The highest BCUT2D eigenvalue weighted by Gasteiger charge is 2.85. The molecule has 29 rings (SSSR count). The van der Waals surface area contributed by atoms with Crippen LogP contribution in [0, 0.1) is 17.8 Å². The Morgan fingerprint density at radius 2 is 0.785 bits per heavy atom. The Morgan fingerprint density at radius 3 is 1.17 bits per heavy atom. The number of hydroxylamine groups is 1. The molecule has 0 spiro atoms. The van der Waals surface area contributed by atoms with Gasteiger partial charge in [-0.3, -0.25) is 68.4 Å². The summed E-state index contributed by atoms with van der Waals surface area (Å²) in [6.07, 6.45) is -7.98. The molecule has 21 saturated heterocycles. The minimum atomic E-state index is -1.56. The number of unbranched alkanes of at least 4 members (excludes halogenated alkanes) is 1. The van der Waals surface area contributed by atoms with Crippen molar-refractivity contribution in [3.8, 4) is 5.75 Å². The van der Waals surface area contributed by atoms with Crippen molar-refractivity contribution in [3.63, 3.8) is 0 Å². The molecule has 5 aliphatic carbocycles. The molecule has 0 aromatic heterocycles. The molecule has 48 heteroatoms. The third-order valence-corrected chi connectivity index (χ3v) is 31.0. The normalized spacial score (nSPS) is 37.8. The van der Waals surface area contributed by atoms with Gasteiger partial charge in [-0.05, 0) is 119 Å². The van der Waals surface area contributed by atoms with E-state index in [2.05, 4.69) is 34.9 Å². The number of benzene rings is 2. The fraction of sp³-hybridized carbons (Fsp3) is 0.562. The van der Waals surface area contributed by atoms with Gasteiger partial charge in [0.25, 0.3) is 5.91 Å². The van der Waals surface area contributed by atoms with Crippen LogP contribution in [0.15, 0.2) is 72.0 Å². The van der Waals surface area contributed by atoms with E-state index in [1.54, 1.807) is 9.80 Å². The Bertz CT molecular complexity index is 5290. The van der Waals surface area contributed by atoms with Crippen LogP contribution in [0.4, 0.5) is 68.0 Å². The average molecular weight is 1660 g/mol. The van der Waals surface area contributed by atoms with Crippen LogP contribution in [0.1, 0.15) is 86.7 Å². The number of carbonyl (C=O) groups is 14. The lowest BCUT2D eigenvalue weighted by Crippen LogP contribution is -2.61. The number of allylic oxidation sites excluding steroid dienone is 1. The first kappa shape index (κ1) is 66.9. The molecule has 2 aromatic carbocycles. The van der Waals surface area contributed by atoms with Gasteiger partial charge >= 0.3 is 78.4 Å². The van der Waals surface area contributed by atoms with E-state index in [1.807, 2.05) is 60.7 Å². The van der Waals surface area contributed by atoms with Gasteiger partial charge in [0.05, 0.1) is 19.4 Å². The summed E-state index contributed by atoms with van der Waals surface area (Å²) in [5.41, 5.74) is 7.62. The second kappa shape index (κ2) is 21.4. The van der Waals surface area contributed by atoms with Crippen LogP contribution in [-0.4, -0.2) is 400 Å². The van der Waals surface area contributed by atoms with E-state index in [9.17, 15) is 4.79 Å². The van der Waals surface area contributed by atoms with Gasteiger partial charge < -0.3 is 20.3 Å². The summed E-state index contributed by atoms with van der Waals surface area (Å²) in [7, 11) is 0. The van der Waals surface area contributed by atoms with Gasteiger partial charge in [-0.1, -0.05) is 30.4 Å². The third kappa shape index (κ3) is 7.31. The zero-order valence-electron chi connectivity index (χ0n) is 64.7. The number of nitrogens with one attached hydrogen (secondary N) is 3. The van der Waals surface area contributed by atoms with Gasteiger partial charge in [-0.2, -0.15) is 5.48 Å². The molecule has 22 heterocycles. The number of hydrazine groups is 7. The second-order valence-electron chi connectivity index (χ2n) is 36.3. The largest absolute Gasteiger partial charge is 0.456 e. The van der Waals surface area contributed by atoms with E-state index in [4.69, 9.17) is 9.57 Å². The van der Waals surface area contributed by atoms with Crippen LogP contribution >= 0.6 is 0 Å². The molecule has 3 N–H and O–H groups in total. The Labute approximate surface area is 683 Å². The van der Waals surface area contributed by atoms with Gasteiger partial charge in [0.2, 0.25) is 0 Å². The molecule has 624 valence electrons. The number of amides is 27. The molecular weight excluding hydrogens is 1580 g/mol. The fourth-order valence-electron chi connectivity index (χ4n) is 26.8. The molecule has 27 aliphatic rings. The van der Waals surface area contributed by atoms with Crippen LogP contribution in [0.2, 0.25) is 0 Å². The average Bonchev–Trinajstić information content (AvgIpc) is 1.48. The molecule has 2 aromatic rings. The van der Waals surface area contributed by atoms with Gasteiger partial charge in [0.15, 0.2) is 80.3 Å². The third-order valence-electron chi connectivity index (χ3n) is 31.0. The smallest absolute Gasteiger partial charge is 0.362 e. The van der Waals surface area contributed by atoms with Gasteiger partial charge in [0.1, 0.15) is 57.2 Å². The zero-order valence-corrected chi connectivity index (χ0v) is 64.7. The molecule has 48 nitrogen and oxygen atoms in total. The maximum absolute atomic E-state index is 16.9. The zero-order chi connectivity index (χ0) is 81.0. The number of anilines is 1. The summed E-state index contributed by atoms with van der Waals surface area (Å²) in [6.45, 7) is 2.79. The first-order valence-corrected chi connectivity index (χ1v) is 41.8. The highest BCUT2D eigenvalue weighted by atomic mass is 16.7. The van der Waals surface area contributed by atoms with E-state index < -0.39 is 224 Å². The number of urea groups is 13. The molecule has 25 fully saturated rings. The van der Waals surface area contributed by atoms with Crippen molar-refractivity contribution in [1.29, 1.82) is 0 Å². The van der Waals surface area contributed by atoms with Gasteiger partial charge in [-0.25, -0.2) is 142 Å². The van der Waals surface area contributed by atoms with Crippen LogP contribution < -0.4 is 25.8 Å². The molecule has 27 amide bonds. The molecule has 22 aliphatic heterocycles. The maximum atomic E-state index is 16.9. The summed E-state index contributed by atoms with van der Waals surface area (Å²) in [4.78, 5) is 252. The monoisotopic (exact) mass is 1660 g/mol. The summed E-state index contributed by atoms with van der Waals surface area (Å²) >= 11 is 0. The van der Waals surface area contributed by atoms with E-state index in [1.165, 1.54) is 77.7 Å². The minimum absolute atomic E-state index is 0.231. The molecule has 15 unspecified atom stereocenters. The highest BCUT2D eigenvalue weighted by Crippen LogP contribution is 2.61. The Balaban J connectivity index is 0.550. The standard InChI is InChI=1S/C73H76N32O16/c1-3-77(4-2)36-12-14-40-42(21-36)120-41-20-35(11-13-39(41)43(40)37-9-5-6-10-38(37)44(106)74-15-7-8-16-75-73-22-32-17-33(23-73)19-34(18-32)24-73)76-121-72-90-30-88-55-53-86(63(88)111)28-84-51-49-82(61(84)109)26-80-47-45-78(59(80)107)25-79-46-48-81(60(79)108)27-83-50-52-85(62(83)110)29-87-54-56-89(64(87)112)31-91(72)58-57(90)104-71(119)105(58)103(56)70(118)101(54)99(52)68(116)97(50)95(48)66(114)93(46)92(45)65(113)94(47)96(49)67(115)98(51)100(53)69(117)102(55)104/h5-6,9-14,20-21,32-35,45-58,72,75-76H,3-4,7-8,15-19,22-31H2,1-2H3,(H,74,106). The van der Waals surface area contributed by atoms with Crippen LogP contribution in [0.25, 0.3) is 5.57 Å². The summed E-state index contributed by atoms with van der Waals surface area (Å²) in [5, 5.41) is 21.4. The van der Waals surface area contributed by atoms with Crippen molar-refractivity contribution in [3.05, 3.63) is 88.7 Å². The number of hydrogen-bond acceptors (Lipinski definition) is 21. The van der Waals surface area contributed by atoms with Crippen molar-refractivity contribution >= 4 is 95.6 Å². The number of rotatable bonds is 14. The van der Waals surface area contributed by atoms with Crippen molar-refractivity contribution in [2.75, 3.05) is 77.8 Å². The molecule has 4 bridgehead atoms. The minimum Gasteiger partial charge on any atom is -0.456 e. The SMILES string of the molecule is CCN(CC)c1ccc2c(c1)OC1=CC(NOC3N4CN5C(=O)N6CN7C(=O)N8CN9C(=O)N%10CN%11C(=O)N%12CN%13C(=O)N%14CN%15C(=O)N%16CN3C3C4N4C(=O)N3N3C(=O)N(C%15C%163)N3C(=O)N(C%13C%143)N3C(=O)N(C%11C%123)N3C(=O)N(C9C%103)N3C(=O)N(C7C83)N3C(=O)N4C5C63)C=CC1=C2c1ccccc1C(=O)NCCCCNC12CC3CC(CC(C3)C1)C2. The van der Waals surface area contributed by atoms with Crippen LogP contribution in [-0.2, 0) is 4.84 Å². The number of hydrogen-bond donors (Lipinski definition) is 3. The summed E-state index contributed by atoms with van der Waals surface area (Å²) in [5.74, 6) is 3.17. The lowest BCUT2D eigenvalue weighted by atomic mass is 9.53. The van der Waals surface area contributed by atoms with E-state index in [0.717, 1.165) is 144 Å². The van der Waals surface area contributed by atoms with Crippen molar-refractivity contribution in [2.24, 2.45) is 17.8 Å². The quantitative estimate of drug-likeness (QED) is 0.157. The molecule has 0 radical (unpaired) electrons. The number of nitrogens with zero attached hydrogens (tertiary/aromatic N) is 29. The molecule has 15 atom stereocenters. The van der Waals surface area contributed by atoms with E-state index in [0.29, 0.717) is 47.8 Å². The number of carbonyl (C=O) groups excluding carboxylic acids is 14. The second-order valence-corrected chi connectivity index (χ2v) is 36.3. The fourth-order valence-corrected chi connectivity index (χ4v) is 26.8. The predicted molar refractivity (Wildman–Crippen MR) is 391 cm³/mol. The summed E-state index contributed by atoms with van der Waals surface area (Å²) in [6, 6.07) is 0.0572. The van der Waals surface area contributed by atoms with Crippen molar-refractivity contribution < 1.29 is 76.7 Å². The van der Waals surface area contributed by atoms with E-state index in [-0.39, 0.29) is 11.4 Å². The summed E-state index contributed by atoms with van der Waals surface area (Å²) < 4.78 is 7.01. The molecule has 121 heavy (non-hydrogen) atoms. The Hall–Kier alpha value is -13.0. The van der Waals surface area contributed by atoms with Gasteiger partial charge in [-0.15, -0.1) is 0 Å². The first-order chi connectivity index (χ1) is 58.7. The molecular formula is C73H76N32O16. The first-order valence-electron chi connectivity index (χ1n) is 41.8. The molecule has 4 saturated carbocycles. The Kier molecular flexibility index (Phi) is 11.8. The van der Waals surface area contributed by atoms with E-state index >= 15 is 62.3 Å². The topological polar surface area (TPSA) is 387 Å². The van der Waals surface area contributed by atoms with Crippen molar-refractivity contribution in [1.82, 2.24) is 155 Å². The number of ether oxygens (including phenoxy) is 1. The van der Waals surface area contributed by atoms with Crippen LogP contribution in [0.5, 0.6) is 5.75 Å². The lowest BCUT2D eigenvalue weighted by Gasteiger charge is -2.57. The lowest BCUT2D eigenvalue weighted by molar-refractivity contribution is -0.185. The van der Waals surface area contributed by atoms with Crippen molar-refractivity contribution in [2.45, 2.75) is 169 Å².